The number of aromatic nitrogens is 1. The number of carbonyl (C=O) groups is 1. The fraction of sp³-hybridized carbons (Fsp3) is 0.647. The van der Waals surface area contributed by atoms with Gasteiger partial charge in [0.2, 0.25) is 5.91 Å². The first kappa shape index (κ1) is 20.7. The van der Waals surface area contributed by atoms with Gasteiger partial charge in [-0.2, -0.15) is 0 Å². The van der Waals surface area contributed by atoms with Gasteiger partial charge in [-0.3, -0.25) is 4.79 Å². The summed E-state index contributed by atoms with van der Waals surface area (Å²) in [6, 6.07) is 3.57. The van der Waals surface area contributed by atoms with Crippen LogP contribution in [0.4, 0.5) is 5.82 Å². The fourth-order valence-electron chi connectivity index (χ4n) is 2.84. The number of nitrogens with one attached hydrogen (secondary N) is 1. The van der Waals surface area contributed by atoms with E-state index < -0.39 is 6.04 Å². The zero-order valence-corrected chi connectivity index (χ0v) is 15.5. The normalized spacial score (nSPS) is 21.8. The minimum absolute atomic E-state index is 0. The highest BCUT2D eigenvalue weighted by atomic mass is 35.5. The van der Waals surface area contributed by atoms with Crippen LogP contribution >= 0.6 is 12.4 Å². The van der Waals surface area contributed by atoms with Gasteiger partial charge in [-0.15, -0.1) is 12.4 Å². The van der Waals surface area contributed by atoms with Gasteiger partial charge in [-0.25, -0.2) is 4.98 Å². The van der Waals surface area contributed by atoms with Crippen LogP contribution in [0, 0.1) is 0 Å². The number of hydrogen-bond acceptors (Lipinski definition) is 5. The third-order valence-electron chi connectivity index (χ3n) is 3.96. The lowest BCUT2D eigenvalue weighted by molar-refractivity contribution is -0.122. The molecule has 0 aliphatic carbocycles. The number of halogens is 1. The highest BCUT2D eigenvalue weighted by Crippen LogP contribution is 2.18. The molecule has 0 aromatic carbocycles. The molecule has 3 unspecified atom stereocenters. The summed E-state index contributed by atoms with van der Waals surface area (Å²) in [5.74, 6) is 0.844. The van der Waals surface area contributed by atoms with Gasteiger partial charge in [0, 0.05) is 25.8 Å². The number of amides is 1. The number of rotatable bonds is 6. The monoisotopic (exact) mass is 356 g/mol. The smallest absolute Gasteiger partial charge is 0.237 e. The molecule has 0 radical (unpaired) electrons. The Morgan fingerprint density at radius 1 is 1.42 bits per heavy atom. The first-order chi connectivity index (χ1) is 11.0. The summed E-state index contributed by atoms with van der Waals surface area (Å²) in [5.41, 5.74) is 6.77. The van der Waals surface area contributed by atoms with Crippen molar-refractivity contribution in [2.24, 2.45) is 5.73 Å². The van der Waals surface area contributed by atoms with E-state index in [-0.39, 0.29) is 30.5 Å². The zero-order chi connectivity index (χ0) is 16.8. The van der Waals surface area contributed by atoms with Crippen molar-refractivity contribution >= 4 is 24.1 Å². The fourth-order valence-corrected chi connectivity index (χ4v) is 2.84. The van der Waals surface area contributed by atoms with Gasteiger partial charge in [0.25, 0.3) is 0 Å². The van der Waals surface area contributed by atoms with Crippen molar-refractivity contribution in [3.8, 4) is 0 Å². The van der Waals surface area contributed by atoms with E-state index in [0.29, 0.717) is 13.0 Å². The van der Waals surface area contributed by atoms with Crippen molar-refractivity contribution in [2.45, 2.75) is 58.4 Å². The van der Waals surface area contributed by atoms with Gasteiger partial charge >= 0.3 is 0 Å². The second-order valence-electron chi connectivity index (χ2n) is 6.30. The number of nitrogens with two attached hydrogens (primary N) is 1. The van der Waals surface area contributed by atoms with Crippen molar-refractivity contribution < 1.29 is 9.53 Å². The number of morpholine rings is 1. The summed E-state index contributed by atoms with van der Waals surface area (Å²) in [5, 5.41) is 2.86. The van der Waals surface area contributed by atoms with Gasteiger partial charge in [-0.05, 0) is 31.9 Å². The average molecular weight is 357 g/mol. The van der Waals surface area contributed by atoms with E-state index in [1.54, 1.807) is 0 Å². The Hall–Kier alpha value is -1.37. The number of pyridine rings is 1. The molecule has 0 saturated carbocycles. The number of carbonyl (C=O) groups excluding carboxylic acids is 1. The van der Waals surface area contributed by atoms with Gasteiger partial charge in [0.1, 0.15) is 5.82 Å². The maximum atomic E-state index is 11.8. The highest BCUT2D eigenvalue weighted by Gasteiger charge is 2.23. The minimum atomic E-state index is -0.427. The van der Waals surface area contributed by atoms with Crippen LogP contribution in [0.25, 0.3) is 0 Å². The SMILES string of the molecule is CCCC(N)C(=O)NCc1ccc(N2CC(C)OC(C)C2)nc1.Cl. The Kier molecular flexibility index (Phi) is 8.45. The molecular formula is C17H29ClN4O2. The van der Waals surface area contributed by atoms with Crippen molar-refractivity contribution in [3.05, 3.63) is 23.9 Å². The minimum Gasteiger partial charge on any atom is -0.372 e. The topological polar surface area (TPSA) is 80.5 Å². The number of ether oxygens (including phenoxy) is 1. The first-order valence-corrected chi connectivity index (χ1v) is 8.38. The Balaban J connectivity index is 0.00000288. The molecular weight excluding hydrogens is 328 g/mol. The molecule has 1 aromatic heterocycles. The van der Waals surface area contributed by atoms with Crippen LogP contribution in [0.15, 0.2) is 18.3 Å². The zero-order valence-electron chi connectivity index (χ0n) is 14.7. The number of anilines is 1. The average Bonchev–Trinajstić information content (AvgIpc) is 2.52. The molecule has 1 saturated heterocycles. The highest BCUT2D eigenvalue weighted by molar-refractivity contribution is 5.85. The van der Waals surface area contributed by atoms with Crippen LogP contribution in [0.1, 0.15) is 39.2 Å². The standard InChI is InChI=1S/C17H28N4O2.ClH/c1-4-5-15(18)17(22)20-9-14-6-7-16(19-8-14)21-10-12(2)23-13(3)11-21;/h6-8,12-13,15H,4-5,9-11,18H2,1-3H3,(H,20,22);1H. The number of hydrogen-bond donors (Lipinski definition) is 2. The summed E-state index contributed by atoms with van der Waals surface area (Å²) < 4.78 is 5.74. The maximum absolute atomic E-state index is 11.8. The molecule has 136 valence electrons. The van der Waals surface area contributed by atoms with E-state index in [2.05, 4.69) is 29.0 Å². The Bertz CT molecular complexity index is 502. The molecule has 1 aromatic rings. The summed E-state index contributed by atoms with van der Waals surface area (Å²) in [7, 11) is 0. The maximum Gasteiger partial charge on any atom is 0.237 e. The quantitative estimate of drug-likeness (QED) is 0.813. The van der Waals surface area contributed by atoms with Crippen LogP contribution in [0.5, 0.6) is 0 Å². The van der Waals surface area contributed by atoms with Gasteiger partial charge in [0.05, 0.1) is 18.2 Å². The second kappa shape index (κ2) is 9.81. The molecule has 1 aliphatic rings. The van der Waals surface area contributed by atoms with Crippen LogP contribution in [-0.2, 0) is 16.1 Å². The van der Waals surface area contributed by atoms with Crippen LogP contribution in [0.3, 0.4) is 0 Å². The third-order valence-corrected chi connectivity index (χ3v) is 3.96. The molecule has 2 heterocycles. The molecule has 3 atom stereocenters. The summed E-state index contributed by atoms with van der Waals surface area (Å²) in [6.45, 7) is 8.32. The first-order valence-electron chi connectivity index (χ1n) is 8.38. The lowest BCUT2D eigenvalue weighted by atomic mass is 10.1. The lowest BCUT2D eigenvalue weighted by Crippen LogP contribution is -2.45. The molecule has 24 heavy (non-hydrogen) atoms. The van der Waals surface area contributed by atoms with Crippen molar-refractivity contribution in [3.63, 3.8) is 0 Å². The van der Waals surface area contributed by atoms with Gasteiger partial charge in [-0.1, -0.05) is 19.4 Å². The second-order valence-corrected chi connectivity index (χ2v) is 6.30. The molecule has 1 fully saturated rings. The van der Waals surface area contributed by atoms with Crippen molar-refractivity contribution in [2.75, 3.05) is 18.0 Å². The van der Waals surface area contributed by atoms with E-state index >= 15 is 0 Å². The molecule has 1 amide bonds. The molecule has 3 N–H and O–H groups in total. The Morgan fingerprint density at radius 3 is 2.62 bits per heavy atom. The molecule has 1 aliphatic heterocycles. The summed E-state index contributed by atoms with van der Waals surface area (Å²) in [4.78, 5) is 18.6. The summed E-state index contributed by atoms with van der Waals surface area (Å²) in [6.07, 6.45) is 3.84. The van der Waals surface area contributed by atoms with E-state index in [4.69, 9.17) is 10.5 Å². The largest absolute Gasteiger partial charge is 0.372 e. The molecule has 0 spiro atoms. The van der Waals surface area contributed by atoms with Gasteiger partial charge in [0.15, 0.2) is 0 Å². The molecule has 7 heteroatoms. The van der Waals surface area contributed by atoms with Crippen LogP contribution in [0.2, 0.25) is 0 Å². The van der Waals surface area contributed by atoms with E-state index in [1.807, 2.05) is 25.3 Å². The molecule has 2 rings (SSSR count). The Labute approximate surface area is 150 Å². The third kappa shape index (κ3) is 5.92. The van der Waals surface area contributed by atoms with Gasteiger partial charge < -0.3 is 20.7 Å². The van der Waals surface area contributed by atoms with Crippen molar-refractivity contribution in [1.82, 2.24) is 10.3 Å². The predicted molar refractivity (Wildman–Crippen MR) is 98.4 cm³/mol. The number of nitrogens with zero attached hydrogens (tertiary/aromatic N) is 2. The van der Waals surface area contributed by atoms with E-state index in [9.17, 15) is 4.79 Å². The summed E-state index contributed by atoms with van der Waals surface area (Å²) >= 11 is 0. The van der Waals surface area contributed by atoms with Crippen molar-refractivity contribution in [1.29, 1.82) is 0 Å². The Morgan fingerprint density at radius 2 is 2.08 bits per heavy atom. The predicted octanol–water partition coefficient (Wildman–Crippen LogP) is 1.86. The lowest BCUT2D eigenvalue weighted by Gasteiger charge is -2.36. The molecule has 6 nitrogen and oxygen atoms in total. The van der Waals surface area contributed by atoms with Crippen LogP contribution < -0.4 is 16.0 Å². The van der Waals surface area contributed by atoms with Crippen LogP contribution in [-0.4, -0.2) is 42.2 Å². The van der Waals surface area contributed by atoms with E-state index in [1.165, 1.54) is 0 Å². The van der Waals surface area contributed by atoms with E-state index in [0.717, 1.165) is 30.9 Å². The molecule has 0 bridgehead atoms.